The van der Waals surface area contributed by atoms with E-state index >= 15 is 0 Å². The summed E-state index contributed by atoms with van der Waals surface area (Å²) in [6.07, 6.45) is 8.53. The van der Waals surface area contributed by atoms with Crippen molar-refractivity contribution in [2.75, 3.05) is 25.9 Å². The van der Waals surface area contributed by atoms with Crippen LogP contribution >= 0.6 is 0 Å². The van der Waals surface area contributed by atoms with E-state index in [1.807, 2.05) is 0 Å². The first-order chi connectivity index (χ1) is 12.8. The van der Waals surface area contributed by atoms with E-state index in [9.17, 15) is 8.42 Å². The first-order valence-electron chi connectivity index (χ1n) is 10.3. The van der Waals surface area contributed by atoms with Crippen molar-refractivity contribution in [1.29, 1.82) is 0 Å². The molecule has 7 nitrogen and oxygen atoms in total. The van der Waals surface area contributed by atoms with Gasteiger partial charge in [-0.25, -0.2) is 8.42 Å². The van der Waals surface area contributed by atoms with Gasteiger partial charge < -0.3 is 4.52 Å². The van der Waals surface area contributed by atoms with Gasteiger partial charge in [-0.2, -0.15) is 9.29 Å². The van der Waals surface area contributed by atoms with E-state index < -0.39 is 10.0 Å². The maximum Gasteiger partial charge on any atom is 0.240 e. The molecule has 1 atom stereocenters. The van der Waals surface area contributed by atoms with Gasteiger partial charge in [0.1, 0.15) is 0 Å². The summed E-state index contributed by atoms with van der Waals surface area (Å²) in [6, 6.07) is 0.172. The lowest BCUT2D eigenvalue weighted by atomic mass is 9.87. The lowest BCUT2D eigenvalue weighted by molar-refractivity contribution is 0.115. The fourth-order valence-corrected chi connectivity index (χ4v) is 5.71. The van der Waals surface area contributed by atoms with Gasteiger partial charge in [0.2, 0.25) is 15.9 Å². The molecule has 1 aromatic rings. The van der Waals surface area contributed by atoms with Crippen LogP contribution in [0.5, 0.6) is 0 Å². The predicted octanol–water partition coefficient (Wildman–Crippen LogP) is 2.68. The third-order valence-corrected chi connectivity index (χ3v) is 7.12. The molecule has 0 bridgehead atoms. The molecule has 2 aliphatic rings. The highest BCUT2D eigenvalue weighted by Crippen LogP contribution is 2.31. The van der Waals surface area contributed by atoms with Crippen LogP contribution in [0.3, 0.4) is 0 Å². The molecular formula is C19H34N4O3S. The van der Waals surface area contributed by atoms with Crippen LogP contribution in [-0.4, -0.2) is 59.7 Å². The molecule has 1 aromatic heterocycles. The molecule has 0 radical (unpaired) electrons. The zero-order chi connectivity index (χ0) is 19.4. The quantitative estimate of drug-likeness (QED) is 0.733. The van der Waals surface area contributed by atoms with Gasteiger partial charge in [-0.3, -0.25) is 4.90 Å². The van der Waals surface area contributed by atoms with Crippen molar-refractivity contribution in [2.24, 2.45) is 11.8 Å². The summed E-state index contributed by atoms with van der Waals surface area (Å²) in [6.45, 7) is 7.59. The Kier molecular flexibility index (Phi) is 6.92. The average Bonchev–Trinajstić information content (AvgIpc) is 2.87. The second-order valence-corrected chi connectivity index (χ2v) is 10.5. The van der Waals surface area contributed by atoms with Crippen molar-refractivity contribution in [3.63, 3.8) is 0 Å². The molecule has 2 aliphatic heterocycles. The summed E-state index contributed by atoms with van der Waals surface area (Å²) in [5.41, 5.74) is 0. The fourth-order valence-electron chi connectivity index (χ4n) is 4.48. The lowest BCUT2D eigenvalue weighted by Gasteiger charge is -2.39. The minimum absolute atomic E-state index is 0.172. The molecule has 0 N–H and O–H groups in total. The SMILES string of the molecule is CC(C)Cc1noc(CN2CCC([C@H]3CCCCCN3S(C)(=O)=O)CC2)n1. The van der Waals surface area contributed by atoms with Crippen molar-refractivity contribution in [3.8, 4) is 0 Å². The summed E-state index contributed by atoms with van der Waals surface area (Å²) in [5, 5.41) is 4.07. The zero-order valence-electron chi connectivity index (χ0n) is 16.9. The van der Waals surface area contributed by atoms with Gasteiger partial charge in [-0.05, 0) is 50.6 Å². The van der Waals surface area contributed by atoms with Crippen LogP contribution < -0.4 is 0 Å². The summed E-state index contributed by atoms with van der Waals surface area (Å²) < 4.78 is 31.7. The normalized spacial score (nSPS) is 24.4. The molecule has 154 valence electrons. The Labute approximate surface area is 163 Å². The highest BCUT2D eigenvalue weighted by Gasteiger charge is 2.35. The van der Waals surface area contributed by atoms with Crippen molar-refractivity contribution in [3.05, 3.63) is 11.7 Å². The molecule has 2 fully saturated rings. The van der Waals surface area contributed by atoms with Gasteiger partial charge in [0, 0.05) is 19.0 Å². The second-order valence-electron chi connectivity index (χ2n) is 8.61. The molecule has 0 aromatic carbocycles. The molecule has 27 heavy (non-hydrogen) atoms. The number of aromatic nitrogens is 2. The van der Waals surface area contributed by atoms with Crippen LogP contribution in [0, 0.1) is 11.8 Å². The number of hydrogen-bond donors (Lipinski definition) is 0. The van der Waals surface area contributed by atoms with Crippen LogP contribution in [0.25, 0.3) is 0 Å². The monoisotopic (exact) mass is 398 g/mol. The average molecular weight is 399 g/mol. The first-order valence-corrected chi connectivity index (χ1v) is 12.2. The van der Waals surface area contributed by atoms with Gasteiger partial charge in [-0.1, -0.05) is 31.8 Å². The Morgan fingerprint density at radius 2 is 1.85 bits per heavy atom. The zero-order valence-corrected chi connectivity index (χ0v) is 17.7. The van der Waals surface area contributed by atoms with Gasteiger partial charge in [-0.15, -0.1) is 0 Å². The van der Waals surface area contributed by atoms with Gasteiger partial charge >= 0.3 is 0 Å². The molecule has 3 rings (SSSR count). The minimum Gasteiger partial charge on any atom is -0.338 e. The molecule has 2 saturated heterocycles. The van der Waals surface area contributed by atoms with E-state index in [4.69, 9.17) is 4.52 Å². The highest BCUT2D eigenvalue weighted by molar-refractivity contribution is 7.88. The predicted molar refractivity (Wildman–Crippen MR) is 105 cm³/mol. The molecule has 8 heteroatoms. The fraction of sp³-hybridized carbons (Fsp3) is 0.895. The standard InChI is InChI=1S/C19H34N4O3S/c1-15(2)13-18-20-19(26-21-18)14-22-11-8-16(9-12-22)17-7-5-4-6-10-23(17)27(3,24)25/h15-17H,4-14H2,1-3H3/t17-/m1/s1. The summed E-state index contributed by atoms with van der Waals surface area (Å²) in [4.78, 5) is 6.85. The smallest absolute Gasteiger partial charge is 0.240 e. The molecule has 0 amide bonds. The second kappa shape index (κ2) is 9.01. The topological polar surface area (TPSA) is 79.5 Å². The number of piperidine rings is 1. The lowest BCUT2D eigenvalue weighted by Crippen LogP contribution is -2.47. The maximum atomic E-state index is 12.3. The third-order valence-electron chi connectivity index (χ3n) is 5.81. The Morgan fingerprint density at radius 1 is 1.11 bits per heavy atom. The van der Waals surface area contributed by atoms with Crippen LogP contribution in [0.1, 0.15) is 64.1 Å². The van der Waals surface area contributed by atoms with Crippen LogP contribution in [0.15, 0.2) is 4.52 Å². The van der Waals surface area contributed by atoms with Crippen molar-refractivity contribution >= 4 is 10.0 Å². The third kappa shape index (κ3) is 5.74. The largest absolute Gasteiger partial charge is 0.338 e. The highest BCUT2D eigenvalue weighted by atomic mass is 32.2. The van der Waals surface area contributed by atoms with E-state index in [2.05, 4.69) is 28.9 Å². The number of likely N-dealkylation sites (tertiary alicyclic amines) is 1. The number of rotatable bonds is 6. The maximum absolute atomic E-state index is 12.3. The van der Waals surface area contributed by atoms with Gasteiger partial charge in [0.05, 0.1) is 12.8 Å². The van der Waals surface area contributed by atoms with E-state index in [0.717, 1.165) is 63.9 Å². The van der Waals surface area contributed by atoms with Crippen LogP contribution in [0.2, 0.25) is 0 Å². The molecule has 0 saturated carbocycles. The molecular weight excluding hydrogens is 364 g/mol. The van der Waals surface area contributed by atoms with Crippen molar-refractivity contribution < 1.29 is 12.9 Å². The van der Waals surface area contributed by atoms with E-state index in [1.165, 1.54) is 6.26 Å². The Balaban J connectivity index is 1.55. The van der Waals surface area contributed by atoms with Crippen LogP contribution in [-0.2, 0) is 23.0 Å². The number of sulfonamides is 1. The molecule has 0 aliphatic carbocycles. The molecule has 3 heterocycles. The van der Waals surface area contributed by atoms with E-state index in [1.54, 1.807) is 4.31 Å². The number of hydrogen-bond acceptors (Lipinski definition) is 6. The van der Waals surface area contributed by atoms with Gasteiger partial charge in [0.25, 0.3) is 0 Å². The van der Waals surface area contributed by atoms with E-state index in [0.29, 0.717) is 30.8 Å². The summed E-state index contributed by atoms with van der Waals surface area (Å²) >= 11 is 0. The minimum atomic E-state index is -3.13. The van der Waals surface area contributed by atoms with Gasteiger partial charge in [0.15, 0.2) is 5.82 Å². The van der Waals surface area contributed by atoms with Crippen molar-refractivity contribution in [1.82, 2.24) is 19.3 Å². The Bertz CT molecular complexity index is 696. The first kappa shape index (κ1) is 20.7. The Morgan fingerprint density at radius 3 is 2.52 bits per heavy atom. The molecule has 0 spiro atoms. The van der Waals surface area contributed by atoms with Crippen molar-refractivity contribution in [2.45, 2.75) is 71.4 Å². The van der Waals surface area contributed by atoms with E-state index in [-0.39, 0.29) is 6.04 Å². The summed E-state index contributed by atoms with van der Waals surface area (Å²) in [7, 11) is -3.13. The number of nitrogens with zero attached hydrogens (tertiary/aromatic N) is 4. The Hall–Kier alpha value is -0.990. The summed E-state index contributed by atoms with van der Waals surface area (Å²) in [5.74, 6) is 2.45. The van der Waals surface area contributed by atoms with Crippen LogP contribution in [0.4, 0.5) is 0 Å². The molecule has 0 unspecified atom stereocenters.